The van der Waals surface area contributed by atoms with Gasteiger partial charge in [-0.05, 0) is 334 Å². The second kappa shape index (κ2) is 38.4. The third-order valence-corrected chi connectivity index (χ3v) is 40.1. The van der Waals surface area contributed by atoms with Gasteiger partial charge in [0.1, 0.15) is 11.5 Å². The first kappa shape index (κ1) is 97.4. The molecule has 0 aromatic heterocycles. The van der Waals surface area contributed by atoms with Crippen molar-refractivity contribution in [2.24, 2.45) is 69.5 Å². The summed E-state index contributed by atoms with van der Waals surface area (Å²) in [6.07, 6.45) is 31.9. The molecule has 9 aromatic carbocycles. The van der Waals surface area contributed by atoms with Crippen molar-refractivity contribution in [2.45, 2.75) is 300 Å². The Labute approximate surface area is 848 Å². The molecule has 12 bridgehead atoms. The fraction of sp³-hybridized carbons (Fsp3) is 0.568. The molecule has 18 atom stereocenters. The zero-order valence-electron chi connectivity index (χ0n) is 84.7. The predicted molar refractivity (Wildman–Crippen MR) is 570 cm³/mol. The molecule has 740 valence electrons. The molecule has 18 unspecified atom stereocenters. The summed E-state index contributed by atoms with van der Waals surface area (Å²) < 4.78 is 33.3. The minimum atomic E-state index is 0. The highest BCUT2D eigenvalue weighted by Crippen LogP contribution is 2.81. The zero-order valence-corrected chi connectivity index (χ0v) is 87.1. The number of aromatic hydroxyl groups is 1. The number of nitrogens with zero attached hydrogens (tertiary/aromatic N) is 6. The number of rotatable bonds is 21. The molecule has 1 N–H and O–H groups in total. The van der Waals surface area contributed by atoms with Crippen LogP contribution in [0, 0.1) is 69.5 Å². The fourth-order valence-electron chi connectivity index (χ4n) is 34.1. The van der Waals surface area contributed by atoms with Crippen molar-refractivity contribution in [3.05, 3.63) is 272 Å². The number of methoxy groups -OCH3 is 3. The van der Waals surface area contributed by atoms with Crippen molar-refractivity contribution < 1.29 is 28.8 Å². The molecule has 12 aliphatic carbocycles. The molecule has 139 heavy (non-hydrogen) atoms. The number of benzene rings is 9. The van der Waals surface area contributed by atoms with Crippen LogP contribution in [0.15, 0.2) is 211 Å². The van der Waals surface area contributed by atoms with Gasteiger partial charge >= 0.3 is 0 Å². The normalized spacial score (nSPS) is 32.3. The second-order valence-electron chi connectivity index (χ2n) is 48.5. The average Bonchev–Trinajstić information content (AvgIpc) is 1.45. The predicted octanol–water partition coefficient (Wildman–Crippen LogP) is 27.4. The number of likely N-dealkylation sites (tertiary alicyclic amines) is 6. The van der Waals surface area contributed by atoms with E-state index in [0.717, 1.165) is 113 Å². The van der Waals surface area contributed by atoms with E-state index in [1.54, 1.807) is 7.11 Å². The number of phenolic OH excluding ortho intramolecular Hbond substituents is 1. The Morgan fingerprint density at radius 1 is 0.367 bits per heavy atom. The topological polar surface area (TPSA) is 85.8 Å². The molecule has 18 aliphatic rings. The third-order valence-electron chi connectivity index (χ3n) is 39.6. The zero-order chi connectivity index (χ0) is 93.7. The van der Waals surface area contributed by atoms with Crippen molar-refractivity contribution in [1.29, 1.82) is 0 Å². The van der Waals surface area contributed by atoms with E-state index in [1.165, 1.54) is 255 Å². The highest BCUT2D eigenvalue weighted by Gasteiger charge is 2.80. The van der Waals surface area contributed by atoms with E-state index in [4.69, 9.17) is 23.7 Å². The summed E-state index contributed by atoms with van der Waals surface area (Å²) in [6, 6.07) is 78.6. The van der Waals surface area contributed by atoms with Gasteiger partial charge in [-0.15, -0.1) is 12.4 Å². The molecule has 6 heterocycles. The van der Waals surface area contributed by atoms with E-state index in [-0.39, 0.29) is 46.9 Å². The average molecular weight is 1960 g/mol. The van der Waals surface area contributed by atoms with Crippen LogP contribution in [0.1, 0.15) is 259 Å². The lowest BCUT2D eigenvalue weighted by molar-refractivity contribution is -0.106. The molecule has 6 saturated heterocycles. The Balaban J connectivity index is 0.000000117. The largest absolute Gasteiger partial charge is 0.504 e. The Morgan fingerprint density at radius 2 is 0.676 bits per heavy atom. The van der Waals surface area contributed by atoms with E-state index in [0.29, 0.717) is 81.7 Å². The van der Waals surface area contributed by atoms with Crippen LogP contribution in [0.4, 0.5) is 0 Å². The monoisotopic (exact) mass is 1960 g/mol. The first-order chi connectivity index (χ1) is 66.6. The summed E-state index contributed by atoms with van der Waals surface area (Å²) in [7, 11) is 5.37. The number of ether oxygens (including phenoxy) is 5. The Morgan fingerprint density at radius 3 is 0.964 bits per heavy atom. The first-order valence-corrected chi connectivity index (χ1v) is 55.0. The molecule has 15 fully saturated rings. The molecule has 0 amide bonds. The van der Waals surface area contributed by atoms with Gasteiger partial charge in [0, 0.05) is 133 Å². The highest BCUT2D eigenvalue weighted by atomic mass is 79.9. The van der Waals surface area contributed by atoms with Gasteiger partial charge < -0.3 is 28.8 Å². The lowest BCUT2D eigenvalue weighted by Crippen LogP contribution is -2.69. The van der Waals surface area contributed by atoms with Crippen LogP contribution in [0.25, 0.3) is 0 Å². The standard InChI is InChI=1S/2C41H50N2O2.C31H38N2O2.C6H5Br.C5H12.CH4.ClH/c2*1-39(2,3)31-13-15-32(16-14-31)45-38-34(44-4)17-12-29-22-35-40-19-18-33-36(30(23-40)26-43(33)25-27-8-6-5-7-9-27)41(40,37(29)38)20-21-42(35)24-28-10-11-28;1-35-25-10-9-22-15-26-30-12-11-24-27(23(16-30)19-33(24)18-20-5-3-2-4-6-20)31(30,28(22)29(25)34)13-14-32(26)17-21-7-8-21;7-6-4-2-1-3-5-6;1-3-5-4-2;;/h2*5-9,12-17,28,30,33,35-36H,10-11,18-26H2,1-4H3;2-6,9-10,21,23-24,26-27,34H,7-8,11-19H2,1H3;1-5H;3-5H2,1-2H3;1H4;1H. The maximum Gasteiger partial charge on any atom is 0.173 e. The van der Waals surface area contributed by atoms with Gasteiger partial charge in [-0.1, -0.05) is 250 Å². The molecule has 27 rings (SSSR count). The number of halogens is 2. The summed E-state index contributed by atoms with van der Waals surface area (Å²) in [5, 5.41) is 11.7. The van der Waals surface area contributed by atoms with Crippen LogP contribution in [0.2, 0.25) is 0 Å². The van der Waals surface area contributed by atoms with Crippen molar-refractivity contribution in [2.75, 3.05) is 80.2 Å². The van der Waals surface area contributed by atoms with Crippen molar-refractivity contribution >= 4 is 28.3 Å². The van der Waals surface area contributed by atoms with Gasteiger partial charge in [-0.2, -0.15) is 0 Å². The Bertz CT molecular complexity index is 5560. The SMILES string of the molecule is Brc1ccccc1.C.CCCCC.COc1ccc2c(c1O)C13CCN(CC4CC4)C(C2)C12CCC1C3C(CN1Cc1ccccc1)C2.COc1ccc2c(c1Oc1ccc(C(C)(C)C)cc1)C13CCN(CC4CC4)C(C2)C12CCC1C3C(CN1Cc1ccccc1)C2.COc1ccc2c(c1Oc1ccc(C(C)(C)C)cc1)C13CCN(CC4CC4)C(C2)C12CCC1C3C(CN1Cc1ccccc1)C2.Cl. The van der Waals surface area contributed by atoms with E-state index in [9.17, 15) is 5.11 Å². The number of unbranched alkanes of at least 4 members (excludes halogenated alkanes) is 2. The molecule has 12 nitrogen and oxygen atoms in total. The molecule has 9 aromatic rings. The smallest absolute Gasteiger partial charge is 0.173 e. The quantitative estimate of drug-likeness (QED) is 0.0744. The lowest BCUT2D eigenvalue weighted by atomic mass is 9.43. The minimum absolute atomic E-state index is 0. The van der Waals surface area contributed by atoms with E-state index >= 15 is 0 Å². The Kier molecular flexibility index (Phi) is 26.9. The van der Waals surface area contributed by atoms with Crippen LogP contribution in [0.3, 0.4) is 0 Å². The molecule has 0 spiro atoms. The van der Waals surface area contributed by atoms with Crippen LogP contribution >= 0.6 is 28.3 Å². The number of hydrogen-bond acceptors (Lipinski definition) is 12. The molecular weight excluding hydrogens is 1800 g/mol. The summed E-state index contributed by atoms with van der Waals surface area (Å²) in [5.74, 6) is 13.9. The van der Waals surface area contributed by atoms with Gasteiger partial charge in [-0.25, -0.2) is 0 Å². The van der Waals surface area contributed by atoms with Crippen LogP contribution in [-0.2, 0) is 66.0 Å². The maximum absolute atomic E-state index is 11.7. The minimum Gasteiger partial charge on any atom is -0.504 e. The van der Waals surface area contributed by atoms with Crippen molar-refractivity contribution in [3.8, 4) is 46.0 Å². The maximum atomic E-state index is 11.7. The number of phenols is 1. The van der Waals surface area contributed by atoms with Crippen LogP contribution < -0.4 is 23.7 Å². The van der Waals surface area contributed by atoms with Gasteiger partial charge in [0.15, 0.2) is 34.5 Å². The van der Waals surface area contributed by atoms with Gasteiger partial charge in [0.2, 0.25) is 0 Å². The van der Waals surface area contributed by atoms with Gasteiger partial charge in [0.05, 0.1) is 21.3 Å². The van der Waals surface area contributed by atoms with Gasteiger partial charge in [-0.3, -0.25) is 29.4 Å². The molecule has 9 saturated carbocycles. The number of hydrogen-bond donors (Lipinski definition) is 1. The fourth-order valence-corrected chi connectivity index (χ4v) is 34.4. The molecular formula is C125H160BrClN6O6. The van der Waals surface area contributed by atoms with Crippen molar-refractivity contribution in [1.82, 2.24) is 29.4 Å². The molecule has 0 radical (unpaired) electrons. The highest BCUT2D eigenvalue weighted by molar-refractivity contribution is 9.10. The summed E-state index contributed by atoms with van der Waals surface area (Å²) in [5.41, 5.74) is 17.4. The summed E-state index contributed by atoms with van der Waals surface area (Å²) >= 11 is 3.31. The molecule has 14 heteroatoms. The van der Waals surface area contributed by atoms with Gasteiger partial charge in [0.25, 0.3) is 0 Å². The molecule has 6 aliphatic heterocycles. The van der Waals surface area contributed by atoms with Crippen molar-refractivity contribution in [3.63, 3.8) is 0 Å². The Hall–Kier alpha value is -7.69. The van der Waals surface area contributed by atoms with E-state index in [2.05, 4.69) is 271 Å². The van der Waals surface area contributed by atoms with E-state index in [1.807, 2.05) is 50.6 Å². The number of piperidine rings is 3. The van der Waals surface area contributed by atoms with Crippen LogP contribution in [-0.4, -0.2) is 151 Å². The van der Waals surface area contributed by atoms with Crippen LogP contribution in [0.5, 0.6) is 46.0 Å². The third kappa shape index (κ3) is 16.5. The lowest BCUT2D eigenvalue weighted by Gasteiger charge is -2.66. The second-order valence-corrected chi connectivity index (χ2v) is 49.4. The summed E-state index contributed by atoms with van der Waals surface area (Å²) in [6.45, 7) is 32.6. The first-order valence-electron chi connectivity index (χ1n) is 54.2. The number of fused-ring (bicyclic) bond motifs is 3. The summed E-state index contributed by atoms with van der Waals surface area (Å²) in [4.78, 5) is 17.5. The van der Waals surface area contributed by atoms with E-state index < -0.39 is 0 Å².